The Hall–Kier alpha value is -3.38. The number of aryl methyl sites for hydroxylation is 1. The normalized spacial score (nSPS) is 17.0. The van der Waals surface area contributed by atoms with Gasteiger partial charge in [-0.15, -0.1) is 11.3 Å². The highest BCUT2D eigenvalue weighted by molar-refractivity contribution is 7.59. The first-order valence-electron chi connectivity index (χ1n) is 13.9. The number of carbonyl (C=O) groups excluding carboxylic acids is 1. The number of rotatable bonds is 9. The molecule has 5 aromatic rings. The lowest BCUT2D eigenvalue weighted by atomic mass is 9.97. The maximum absolute atomic E-state index is 13.5. The van der Waals surface area contributed by atoms with E-state index in [9.17, 15) is 14.7 Å². The molecule has 8 nitrogen and oxygen atoms in total. The molecule has 0 amide bonds. The van der Waals surface area contributed by atoms with Crippen molar-refractivity contribution >= 4 is 71.1 Å². The van der Waals surface area contributed by atoms with Crippen molar-refractivity contribution in [1.29, 1.82) is 0 Å². The molecule has 3 heterocycles. The Morgan fingerprint density at radius 1 is 1.07 bits per heavy atom. The van der Waals surface area contributed by atoms with Crippen molar-refractivity contribution in [3.8, 4) is 17.2 Å². The summed E-state index contributed by atoms with van der Waals surface area (Å²) in [6.07, 6.45) is 5.65. The number of hydrogen-bond donors (Lipinski definition) is 2. The van der Waals surface area contributed by atoms with E-state index < -0.39 is 5.69 Å². The van der Waals surface area contributed by atoms with E-state index in [1.165, 1.54) is 11.3 Å². The fourth-order valence-corrected chi connectivity index (χ4v) is 7.09. The number of aliphatic hydroxyl groups excluding tert-OH is 1. The standard InChI is InChI=1S/C32H32N4O4S.2H2S/c1-19-14-24(40-23-6-4-3-5-7-23)10-11-25(19)36-26-12-13-34-31-28(26)29(35-32(36)39)30(41-31)27(38)17-21-9-8-20(15-21)16-22(37)18-33-2;;/h3-7,10-14,20-21,33,38H,8-9,15-18H2,1-2H3;2*1H2/t20-,21-;;/m0../s1. The molecule has 6 rings (SSSR count). The summed E-state index contributed by atoms with van der Waals surface area (Å²) in [5, 5.41) is 14.9. The van der Waals surface area contributed by atoms with Crippen LogP contribution in [0.2, 0.25) is 0 Å². The Kier molecular flexibility index (Phi) is 10.5. The number of Topliss-reactive ketones (excluding diaryl/α,β-unsaturated/α-hetero) is 1. The summed E-state index contributed by atoms with van der Waals surface area (Å²) in [4.78, 5) is 35.3. The second kappa shape index (κ2) is 13.9. The molecule has 3 aromatic heterocycles. The second-order valence-electron chi connectivity index (χ2n) is 10.9. The average molecular weight is 637 g/mol. The second-order valence-corrected chi connectivity index (χ2v) is 11.9. The van der Waals surface area contributed by atoms with Gasteiger partial charge in [-0.25, -0.2) is 9.78 Å². The van der Waals surface area contributed by atoms with E-state index >= 15 is 0 Å². The zero-order valence-electron chi connectivity index (χ0n) is 24.1. The minimum absolute atomic E-state index is 0. The van der Waals surface area contributed by atoms with E-state index in [1.54, 1.807) is 17.8 Å². The number of nitrogens with one attached hydrogen (secondary N) is 1. The van der Waals surface area contributed by atoms with Gasteiger partial charge >= 0.3 is 5.69 Å². The first-order valence-corrected chi connectivity index (χ1v) is 14.7. The van der Waals surface area contributed by atoms with E-state index in [0.29, 0.717) is 58.2 Å². The summed E-state index contributed by atoms with van der Waals surface area (Å²) in [5.74, 6) is 2.54. The molecule has 2 N–H and O–H groups in total. The van der Waals surface area contributed by atoms with Crippen LogP contribution in [0.4, 0.5) is 0 Å². The average Bonchev–Trinajstić information content (AvgIpc) is 3.55. The smallest absolute Gasteiger partial charge is 0.353 e. The molecule has 2 aromatic carbocycles. The Morgan fingerprint density at radius 2 is 1.81 bits per heavy atom. The van der Waals surface area contributed by atoms with Crippen LogP contribution in [0.15, 0.2) is 65.6 Å². The molecule has 0 aliphatic heterocycles. The molecule has 2 atom stereocenters. The number of nitrogens with zero attached hydrogens (tertiary/aromatic N) is 3. The lowest BCUT2D eigenvalue weighted by Crippen LogP contribution is -2.24. The molecular formula is C32H36N4O4S3. The van der Waals surface area contributed by atoms with Crippen LogP contribution in [0.25, 0.3) is 32.7 Å². The molecule has 1 aliphatic rings. The number of ether oxygens (including phenoxy) is 1. The number of aromatic nitrogens is 3. The van der Waals surface area contributed by atoms with Gasteiger partial charge in [0.2, 0.25) is 0 Å². The quantitative estimate of drug-likeness (QED) is 0.214. The van der Waals surface area contributed by atoms with Crippen LogP contribution in [0.5, 0.6) is 11.5 Å². The van der Waals surface area contributed by atoms with E-state index in [4.69, 9.17) is 4.74 Å². The number of thiophene rings is 1. The number of aliphatic hydroxyl groups is 1. The first-order chi connectivity index (χ1) is 19.9. The summed E-state index contributed by atoms with van der Waals surface area (Å²) in [5.41, 5.74) is 2.35. The van der Waals surface area contributed by atoms with Crippen LogP contribution in [0.1, 0.15) is 37.7 Å². The summed E-state index contributed by atoms with van der Waals surface area (Å²) in [6, 6.07) is 17.0. The Bertz CT molecular complexity index is 1860. The fraction of sp³-hybridized carbons (Fsp3) is 0.312. The topological polar surface area (TPSA) is 106 Å². The van der Waals surface area contributed by atoms with Crippen LogP contribution in [-0.2, 0) is 4.79 Å². The van der Waals surface area contributed by atoms with Crippen molar-refractivity contribution in [2.24, 2.45) is 11.8 Å². The molecule has 0 unspecified atom stereocenters. The number of hydrogen-bond acceptors (Lipinski definition) is 8. The van der Waals surface area contributed by atoms with Crippen LogP contribution in [-0.4, -0.2) is 39.0 Å². The Morgan fingerprint density at radius 3 is 2.53 bits per heavy atom. The molecule has 11 heteroatoms. The summed E-state index contributed by atoms with van der Waals surface area (Å²) >= 11 is 1.37. The number of pyridine rings is 1. The number of carbonyl (C=O) groups is 1. The van der Waals surface area contributed by atoms with Gasteiger partial charge in [0, 0.05) is 19.0 Å². The molecular weight excluding hydrogens is 601 g/mol. The van der Waals surface area contributed by atoms with Crippen molar-refractivity contribution in [2.45, 2.75) is 39.0 Å². The summed E-state index contributed by atoms with van der Waals surface area (Å²) in [7, 11) is 1.79. The summed E-state index contributed by atoms with van der Waals surface area (Å²) < 4.78 is 8.19. The number of ketones is 1. The van der Waals surface area contributed by atoms with Gasteiger partial charge in [0.05, 0.1) is 27.7 Å². The molecule has 0 radical (unpaired) electrons. The Labute approximate surface area is 267 Å². The number of para-hydroxylation sites is 1. The third-order valence-corrected chi connectivity index (χ3v) is 8.99. The van der Waals surface area contributed by atoms with Crippen LogP contribution < -0.4 is 20.3 Å². The van der Waals surface area contributed by atoms with Gasteiger partial charge in [-0.2, -0.15) is 32.0 Å². The maximum atomic E-state index is 13.5. The van der Waals surface area contributed by atoms with Gasteiger partial charge in [0.15, 0.2) is 0 Å². The van der Waals surface area contributed by atoms with Gasteiger partial charge in [-0.1, -0.05) is 18.2 Å². The predicted molar refractivity (Wildman–Crippen MR) is 183 cm³/mol. The lowest BCUT2D eigenvalue weighted by Gasteiger charge is -2.14. The molecule has 1 saturated carbocycles. The SMILES string of the molecule is CNCC(=O)C[C@H]1CC[C@H](CC(O)=c2sc3nccc4c3c2nc(=O)n4-c2ccc(Oc3ccccc3)cc2C)C1.S.S. The van der Waals surface area contributed by atoms with E-state index in [1.807, 2.05) is 61.5 Å². The van der Waals surface area contributed by atoms with E-state index in [0.717, 1.165) is 40.8 Å². The zero-order valence-corrected chi connectivity index (χ0v) is 26.9. The molecule has 0 saturated heterocycles. The molecule has 43 heavy (non-hydrogen) atoms. The van der Waals surface area contributed by atoms with Crippen molar-refractivity contribution < 1.29 is 14.6 Å². The van der Waals surface area contributed by atoms with E-state index in [2.05, 4.69) is 15.3 Å². The molecule has 1 aliphatic carbocycles. The highest BCUT2D eigenvalue weighted by atomic mass is 32.1. The van der Waals surface area contributed by atoms with Crippen LogP contribution >= 0.6 is 38.3 Å². The van der Waals surface area contributed by atoms with E-state index in [-0.39, 0.29) is 38.5 Å². The largest absolute Gasteiger partial charge is 0.511 e. The van der Waals surface area contributed by atoms with Crippen LogP contribution in [0, 0.1) is 18.8 Å². The highest BCUT2D eigenvalue weighted by Crippen LogP contribution is 2.37. The fourth-order valence-electron chi connectivity index (χ4n) is 6.04. The number of benzene rings is 2. The minimum atomic E-state index is -0.416. The minimum Gasteiger partial charge on any atom is -0.511 e. The van der Waals surface area contributed by atoms with Gasteiger partial charge in [0.25, 0.3) is 0 Å². The van der Waals surface area contributed by atoms with Crippen molar-refractivity contribution in [1.82, 2.24) is 19.9 Å². The maximum Gasteiger partial charge on any atom is 0.353 e. The third-order valence-electron chi connectivity index (χ3n) is 7.86. The Balaban J connectivity index is 0.00000212. The van der Waals surface area contributed by atoms with Gasteiger partial charge < -0.3 is 15.2 Å². The highest BCUT2D eigenvalue weighted by Gasteiger charge is 2.28. The van der Waals surface area contributed by atoms with Crippen LogP contribution in [0.3, 0.4) is 0 Å². The van der Waals surface area contributed by atoms with Gasteiger partial charge in [-0.3, -0.25) is 9.36 Å². The van der Waals surface area contributed by atoms with Gasteiger partial charge in [0.1, 0.15) is 33.4 Å². The van der Waals surface area contributed by atoms with Crippen molar-refractivity contribution in [3.05, 3.63) is 81.4 Å². The molecule has 1 fully saturated rings. The lowest BCUT2D eigenvalue weighted by molar-refractivity contribution is -0.119. The first kappa shape index (κ1) is 32.5. The summed E-state index contributed by atoms with van der Waals surface area (Å²) in [6.45, 7) is 2.34. The molecule has 226 valence electrons. The monoisotopic (exact) mass is 636 g/mol. The third kappa shape index (κ3) is 6.75. The van der Waals surface area contributed by atoms with Crippen molar-refractivity contribution in [2.75, 3.05) is 13.6 Å². The predicted octanol–water partition coefficient (Wildman–Crippen LogP) is 5.69. The molecule has 0 spiro atoms. The number of likely N-dealkylation sites (N-methyl/N-ethyl adjacent to an activating group) is 1. The van der Waals surface area contributed by atoms with Gasteiger partial charge in [-0.05, 0) is 87.0 Å². The molecule has 0 bridgehead atoms. The van der Waals surface area contributed by atoms with Crippen molar-refractivity contribution in [3.63, 3.8) is 0 Å². The zero-order chi connectivity index (χ0) is 28.5.